The molecule has 7 aliphatic heterocycles. The number of halogens is 4. The van der Waals surface area contributed by atoms with Gasteiger partial charge in [-0.15, -0.1) is 46.9 Å². The molecular formula is C96H107Cl2I2LiN8O23S9. The van der Waals surface area contributed by atoms with Gasteiger partial charge in [0, 0.05) is 151 Å². The third-order valence-electron chi connectivity index (χ3n) is 20.5. The minimum atomic E-state index is -4.19. The molecule has 45 heteroatoms. The molecule has 7 aliphatic rings. The first-order valence-electron chi connectivity index (χ1n) is 42.4. The van der Waals surface area contributed by atoms with Crippen molar-refractivity contribution in [2.45, 2.75) is 111 Å². The average molecular weight is 2360 g/mol. The minimum absolute atomic E-state index is 0. The molecule has 16 rings (SSSR count). The number of aliphatic hydroxyl groups excluding tert-OH is 1. The molecule has 9 aromatic carbocycles. The molecule has 0 aromatic heterocycles. The van der Waals surface area contributed by atoms with Gasteiger partial charge < -0.3 is 24.4 Å². The SMILES string of the molecule is C.C.CO.ClCI.NOCSC(SCCCS(=O)(=O)O)=C1c2ccccc2N(Cc2ccccc2)c2ccccc21.O=C1CCC(=O)N1O.O=C1CCC(=O)N1OCCl.O=C1CCC(=O)N1OCI.O=C1CCC(=O)N1OCSC(SCCCS(=O)(=O)O)=C1c2ccccc2N(Cc2ccccc2)c2ccccc21.O=S(=O)([O-])CCCSC(=S)C1c2ccccc2N(Cc2ccccc2)c2ccccc21.[Li+]. The van der Waals surface area contributed by atoms with Crippen LogP contribution >= 0.6 is 139 Å². The molecule has 752 valence electrons. The monoisotopic (exact) mass is 2360 g/mol. The number of thioether (sulfide) groups is 5. The van der Waals surface area contributed by atoms with E-state index in [2.05, 4.69) is 151 Å². The molecule has 0 radical (unpaired) electrons. The molecule has 0 bridgehead atoms. The Bertz CT molecular complexity index is 5880. The molecule has 9 aromatic rings. The van der Waals surface area contributed by atoms with E-state index in [0.717, 1.165) is 122 Å². The van der Waals surface area contributed by atoms with E-state index in [4.69, 9.17) is 70.7 Å². The molecule has 0 unspecified atom stereocenters. The second kappa shape index (κ2) is 62.4. The summed E-state index contributed by atoms with van der Waals surface area (Å²) < 4.78 is 99.6. The first-order chi connectivity index (χ1) is 66.4. The van der Waals surface area contributed by atoms with Gasteiger partial charge in [-0.3, -0.25) is 67.2 Å². The van der Waals surface area contributed by atoms with E-state index >= 15 is 0 Å². The van der Waals surface area contributed by atoms with E-state index in [1.165, 1.54) is 63.7 Å². The first kappa shape index (κ1) is 122. The zero-order chi connectivity index (χ0) is 99.9. The molecule has 8 amide bonds. The zero-order valence-electron chi connectivity index (χ0n) is 75.2. The van der Waals surface area contributed by atoms with Crippen LogP contribution in [0.4, 0.5) is 34.1 Å². The van der Waals surface area contributed by atoms with Crippen LogP contribution in [0, 0.1) is 0 Å². The number of aliphatic hydroxyl groups is 1. The largest absolute Gasteiger partial charge is 1.00 e. The standard InChI is InChI=1S/C29H28N2O6S3.C25H26N2O4S3.C24H23NO3S3.C5H6ClNO3.C5H6INO3.C4H5NO3.CH2ClI.CH4O.2CH4.Li/c32-26-15-16-27(33)31(26)37-20-39-29(38-17-8-18-40(34,35)36)28-22-11-4-6-13-24(22)30(19-21-9-2-1-3-10-21)25-14-7-5-12-23(25)28;26-31-18-33-25(32-15-8-16-34(28,29)30)24-20-11-4-6-13-22(20)27(17-19-9-2-1-3-10-19)23-14-7-5-12-21(23)24;26-31(27,28)16-8-15-30-24(29)23-19-11-4-6-13-21(19)25(17-18-9-2-1-3-10-18)22-14-7-5-12-20(22)23;2*6-3-10-7-4(8)1-2-5(7)9;6-3-1-2-4(7)5(3)8;2-1-3;1-2;;;/h1-7,9-14H,8,15-20H2,(H,34,35,36);1-7,9-14H,8,15-18,26H2,(H,28,29,30);1-7,9-14,23H,8,15-17H2,(H,26,27,28);2*1-3H2;8H,1-2H2;1H2;2H,1H3;2*1H4;/q;;;;;;;;;;+1/p-1. The smallest absolute Gasteiger partial charge is 0.748 e. The van der Waals surface area contributed by atoms with Gasteiger partial charge in [-0.1, -0.05) is 308 Å². The quantitative estimate of drug-likeness (QED) is 0.00250. The van der Waals surface area contributed by atoms with Crippen LogP contribution in [0.1, 0.15) is 141 Å². The van der Waals surface area contributed by atoms with Crippen LogP contribution < -0.4 is 39.5 Å². The normalized spacial score (nSPS) is 14.3. The fourth-order valence-electron chi connectivity index (χ4n) is 14.6. The number of anilines is 6. The third kappa shape index (κ3) is 37.1. The van der Waals surface area contributed by atoms with Crippen LogP contribution in [0.2, 0.25) is 0 Å². The number of hydrogen-bond acceptors (Lipinski definition) is 31. The summed E-state index contributed by atoms with van der Waals surface area (Å²) in [6.07, 6.45) is 2.51. The van der Waals surface area contributed by atoms with Crippen molar-refractivity contribution in [3.63, 3.8) is 0 Å². The van der Waals surface area contributed by atoms with E-state index in [9.17, 15) is 72.7 Å². The Morgan fingerprint density at radius 1 is 0.411 bits per heavy atom. The van der Waals surface area contributed by atoms with Crippen molar-refractivity contribution in [3.8, 4) is 0 Å². The van der Waals surface area contributed by atoms with Crippen molar-refractivity contribution < 1.29 is 126 Å². The topological polar surface area (TPSA) is 429 Å². The summed E-state index contributed by atoms with van der Waals surface area (Å²) in [4.78, 5) is 114. The number of hydrogen-bond donors (Lipinski definition) is 5. The van der Waals surface area contributed by atoms with Crippen molar-refractivity contribution in [2.24, 2.45) is 5.90 Å². The van der Waals surface area contributed by atoms with Gasteiger partial charge in [-0.25, -0.2) is 19.2 Å². The number of benzene rings is 9. The number of carbonyl (C=O) groups excluding carboxylic acids is 8. The molecule has 0 aliphatic carbocycles. The number of fused-ring (bicyclic) bond motifs is 6. The maximum Gasteiger partial charge on any atom is 1.00 e. The molecule has 4 fully saturated rings. The van der Waals surface area contributed by atoms with Crippen molar-refractivity contribution in [1.29, 1.82) is 0 Å². The number of para-hydroxylation sites is 6. The number of hydroxylamine groups is 8. The van der Waals surface area contributed by atoms with Crippen LogP contribution in [-0.2, 0) is 108 Å². The fourth-order valence-corrected chi connectivity index (χ4v) is 22.8. The van der Waals surface area contributed by atoms with Gasteiger partial charge in [-0.05, 0) is 101 Å². The van der Waals surface area contributed by atoms with Gasteiger partial charge in [0.1, 0.15) is 22.6 Å². The Balaban J connectivity index is 0.000000276. The molecule has 4 saturated heterocycles. The van der Waals surface area contributed by atoms with Gasteiger partial charge in [0.15, 0.2) is 0 Å². The number of alkyl halides is 4. The number of carbonyl (C=O) groups is 8. The van der Waals surface area contributed by atoms with Crippen molar-refractivity contribution in [1.82, 2.24) is 20.3 Å². The van der Waals surface area contributed by atoms with Gasteiger partial charge in [0.05, 0.1) is 44.1 Å². The molecule has 0 spiro atoms. The van der Waals surface area contributed by atoms with Crippen LogP contribution in [0.25, 0.3) is 11.1 Å². The predicted octanol–water partition coefficient (Wildman–Crippen LogP) is 16.7. The number of thiocarbonyl (C=S) groups is 1. The first-order valence-corrected chi connectivity index (χ1v) is 56.6. The number of nitrogens with zero attached hydrogens (tertiary/aromatic N) is 7. The number of imide groups is 4. The molecule has 7 heterocycles. The average Bonchev–Trinajstić information content (AvgIpc) is 1.40. The summed E-state index contributed by atoms with van der Waals surface area (Å²) in [7, 11) is -11.3. The summed E-state index contributed by atoms with van der Waals surface area (Å²) in [5, 5.41) is 18.0. The van der Waals surface area contributed by atoms with Gasteiger partial charge in [-0.2, -0.15) is 37.1 Å². The summed E-state index contributed by atoms with van der Waals surface area (Å²) >= 11 is 27.3. The van der Waals surface area contributed by atoms with Crippen molar-refractivity contribution in [2.75, 3.05) is 82.8 Å². The fraction of sp³-hybridized carbons (Fsp3) is 0.302. The van der Waals surface area contributed by atoms with Crippen molar-refractivity contribution >= 4 is 266 Å². The predicted molar refractivity (Wildman–Crippen MR) is 576 cm³/mol. The number of rotatable bonds is 32. The Kier molecular flexibility index (Phi) is 54.0. The second-order valence-corrected chi connectivity index (χ2v) is 43.5. The van der Waals surface area contributed by atoms with Gasteiger partial charge in [0.25, 0.3) is 67.5 Å². The minimum Gasteiger partial charge on any atom is -0.748 e. The van der Waals surface area contributed by atoms with E-state index in [-0.39, 0.29) is 173 Å². The van der Waals surface area contributed by atoms with Crippen LogP contribution in [0.3, 0.4) is 0 Å². The molecule has 31 nitrogen and oxygen atoms in total. The van der Waals surface area contributed by atoms with Crippen LogP contribution in [0.15, 0.2) is 245 Å². The summed E-state index contributed by atoms with van der Waals surface area (Å²) in [5.74, 6) is 3.28. The zero-order valence-corrected chi connectivity index (χ0v) is 88.4. The van der Waals surface area contributed by atoms with Crippen LogP contribution in [-0.4, -0.2) is 189 Å². The van der Waals surface area contributed by atoms with Gasteiger partial charge in [0.2, 0.25) is 0 Å². The Labute approximate surface area is 898 Å². The third-order valence-corrected chi connectivity index (χ3v) is 29.6. The molecular weight excluding hydrogens is 2250 g/mol. The summed E-state index contributed by atoms with van der Waals surface area (Å²) in [6.45, 7) is 2.16. The molecule has 141 heavy (non-hydrogen) atoms. The Morgan fingerprint density at radius 3 is 0.993 bits per heavy atom. The maximum absolute atomic E-state index is 12.0. The Hall–Kier alpha value is -7.65. The van der Waals surface area contributed by atoms with Crippen LogP contribution in [0.5, 0.6) is 0 Å². The van der Waals surface area contributed by atoms with E-state index in [1.54, 1.807) is 11.8 Å². The van der Waals surface area contributed by atoms with Crippen molar-refractivity contribution in [3.05, 3.63) is 295 Å². The van der Waals surface area contributed by atoms with E-state index < -0.39 is 42.2 Å². The summed E-state index contributed by atoms with van der Waals surface area (Å²) in [5.41, 5.74) is 18.7. The number of nitrogens with two attached hydrogens (primary N) is 1. The molecule has 0 saturated carbocycles. The number of amides is 8. The Morgan fingerprint density at radius 2 is 0.688 bits per heavy atom. The van der Waals surface area contributed by atoms with E-state index in [1.807, 2.05) is 150 Å². The van der Waals surface area contributed by atoms with Gasteiger partial charge >= 0.3 is 18.9 Å². The molecule has 0 atom stereocenters. The second-order valence-electron chi connectivity index (χ2n) is 29.7. The maximum atomic E-state index is 12.0. The van der Waals surface area contributed by atoms with E-state index in [0.29, 0.717) is 50.2 Å². The molecule has 6 N–H and O–H groups in total. The summed E-state index contributed by atoms with van der Waals surface area (Å²) in [6, 6.07) is 80.3.